The lowest BCUT2D eigenvalue weighted by atomic mass is 9.99. The van der Waals surface area contributed by atoms with Gasteiger partial charge in [-0.1, -0.05) is 48.5 Å². The van der Waals surface area contributed by atoms with Gasteiger partial charge in [-0.15, -0.1) is 0 Å². The average Bonchev–Trinajstić information content (AvgIpc) is 3.16. The molecule has 0 spiro atoms. The highest BCUT2D eigenvalue weighted by Gasteiger charge is 2.30. The Morgan fingerprint density at radius 2 is 1.81 bits per heavy atom. The highest BCUT2D eigenvalue weighted by Crippen LogP contribution is 2.34. The predicted octanol–water partition coefficient (Wildman–Crippen LogP) is 4.11. The molecule has 0 radical (unpaired) electrons. The van der Waals surface area contributed by atoms with Crippen LogP contribution in [-0.2, 0) is 17.8 Å². The van der Waals surface area contributed by atoms with Crippen molar-refractivity contribution in [2.45, 2.75) is 45.2 Å². The number of benzene rings is 2. The molecule has 1 unspecified atom stereocenters. The first-order valence-electron chi connectivity index (χ1n) is 9.86. The lowest BCUT2D eigenvalue weighted by molar-refractivity contribution is -0.132. The van der Waals surface area contributed by atoms with Crippen molar-refractivity contribution in [3.63, 3.8) is 0 Å². The Balaban J connectivity index is 1.37. The minimum atomic E-state index is 0.269. The number of likely N-dealkylation sites (tertiary alicyclic amines) is 1. The van der Waals surface area contributed by atoms with Crippen LogP contribution in [0.1, 0.15) is 47.6 Å². The van der Waals surface area contributed by atoms with Gasteiger partial charge in [0.05, 0.1) is 6.04 Å². The van der Waals surface area contributed by atoms with E-state index in [-0.39, 0.29) is 6.04 Å². The Bertz CT molecular complexity index is 785. The summed E-state index contributed by atoms with van der Waals surface area (Å²) < 4.78 is 0. The smallest absolute Gasteiger partial charge is 0.224 e. The van der Waals surface area contributed by atoms with Crippen LogP contribution in [0.2, 0.25) is 0 Å². The molecule has 3 nitrogen and oxygen atoms in total. The third kappa shape index (κ3) is 3.54. The van der Waals surface area contributed by atoms with Crippen molar-refractivity contribution in [1.82, 2.24) is 9.80 Å². The quantitative estimate of drug-likeness (QED) is 0.830. The molecular weight excluding hydrogens is 320 g/mol. The summed E-state index contributed by atoms with van der Waals surface area (Å²) in [6.45, 7) is 5.96. The zero-order chi connectivity index (χ0) is 17.9. The van der Waals surface area contributed by atoms with Crippen molar-refractivity contribution in [2.24, 2.45) is 0 Å². The van der Waals surface area contributed by atoms with E-state index in [0.29, 0.717) is 12.3 Å². The van der Waals surface area contributed by atoms with E-state index in [1.54, 1.807) is 0 Å². The first kappa shape index (κ1) is 17.3. The fourth-order valence-electron chi connectivity index (χ4n) is 4.49. The number of carbonyl (C=O) groups excluding carboxylic acids is 1. The zero-order valence-corrected chi connectivity index (χ0v) is 15.7. The third-order valence-electron chi connectivity index (χ3n) is 5.97. The first-order chi connectivity index (χ1) is 12.7. The molecule has 26 heavy (non-hydrogen) atoms. The highest BCUT2D eigenvalue weighted by atomic mass is 16.2. The van der Waals surface area contributed by atoms with Crippen LogP contribution in [-0.4, -0.2) is 35.3 Å². The second-order valence-electron chi connectivity index (χ2n) is 7.65. The van der Waals surface area contributed by atoms with E-state index in [1.165, 1.54) is 22.3 Å². The SMILES string of the molecule is Cc1ccccc1C1CCCN1C(=O)CCN1CCc2ccccc2C1. The summed E-state index contributed by atoms with van der Waals surface area (Å²) in [7, 11) is 0. The summed E-state index contributed by atoms with van der Waals surface area (Å²) in [5, 5.41) is 0. The molecule has 1 fully saturated rings. The minimum Gasteiger partial charge on any atom is -0.336 e. The minimum absolute atomic E-state index is 0.269. The van der Waals surface area contributed by atoms with E-state index in [1.807, 2.05) is 0 Å². The van der Waals surface area contributed by atoms with Gasteiger partial charge in [0.2, 0.25) is 5.91 Å². The van der Waals surface area contributed by atoms with Crippen molar-refractivity contribution in [3.05, 3.63) is 70.8 Å². The van der Waals surface area contributed by atoms with Crippen LogP contribution < -0.4 is 0 Å². The summed E-state index contributed by atoms with van der Waals surface area (Å²) in [6, 6.07) is 17.5. The number of fused-ring (bicyclic) bond motifs is 1. The van der Waals surface area contributed by atoms with Crippen LogP contribution >= 0.6 is 0 Å². The van der Waals surface area contributed by atoms with Gasteiger partial charge in [-0.25, -0.2) is 0 Å². The maximum Gasteiger partial charge on any atom is 0.224 e. The van der Waals surface area contributed by atoms with Crippen LogP contribution in [0.4, 0.5) is 0 Å². The topological polar surface area (TPSA) is 23.6 Å². The van der Waals surface area contributed by atoms with Crippen molar-refractivity contribution in [3.8, 4) is 0 Å². The molecule has 2 aliphatic heterocycles. The maximum atomic E-state index is 12.9. The number of carbonyl (C=O) groups is 1. The van der Waals surface area contributed by atoms with Crippen LogP contribution in [0, 0.1) is 6.92 Å². The van der Waals surface area contributed by atoms with Gasteiger partial charge in [-0.3, -0.25) is 9.69 Å². The Hall–Kier alpha value is -2.13. The largest absolute Gasteiger partial charge is 0.336 e. The van der Waals surface area contributed by atoms with Crippen LogP contribution in [0.15, 0.2) is 48.5 Å². The monoisotopic (exact) mass is 348 g/mol. The lowest BCUT2D eigenvalue weighted by Gasteiger charge is -2.30. The molecule has 3 heteroatoms. The van der Waals surface area contributed by atoms with Gasteiger partial charge in [-0.2, -0.15) is 0 Å². The number of nitrogens with zero attached hydrogens (tertiary/aromatic N) is 2. The van der Waals surface area contributed by atoms with E-state index in [0.717, 1.165) is 45.4 Å². The Morgan fingerprint density at radius 1 is 1.04 bits per heavy atom. The van der Waals surface area contributed by atoms with E-state index in [9.17, 15) is 4.79 Å². The molecule has 2 heterocycles. The second-order valence-corrected chi connectivity index (χ2v) is 7.65. The summed E-state index contributed by atoms with van der Waals surface area (Å²) in [5.41, 5.74) is 5.51. The summed E-state index contributed by atoms with van der Waals surface area (Å²) in [5.74, 6) is 0.314. The van der Waals surface area contributed by atoms with Gasteiger partial charge in [0.25, 0.3) is 0 Å². The molecule has 1 atom stereocenters. The summed E-state index contributed by atoms with van der Waals surface area (Å²) in [6.07, 6.45) is 3.93. The van der Waals surface area contributed by atoms with E-state index < -0.39 is 0 Å². The Kier molecular flexibility index (Phi) is 5.07. The first-order valence-corrected chi connectivity index (χ1v) is 9.86. The third-order valence-corrected chi connectivity index (χ3v) is 5.97. The Morgan fingerprint density at radius 3 is 2.65 bits per heavy atom. The van der Waals surface area contributed by atoms with Crippen molar-refractivity contribution in [1.29, 1.82) is 0 Å². The molecule has 2 aromatic carbocycles. The maximum absolute atomic E-state index is 12.9. The molecule has 2 aromatic rings. The molecule has 1 saturated heterocycles. The molecule has 136 valence electrons. The second kappa shape index (κ2) is 7.63. The van der Waals surface area contributed by atoms with Gasteiger partial charge in [-0.05, 0) is 48.4 Å². The fourth-order valence-corrected chi connectivity index (χ4v) is 4.49. The summed E-state index contributed by atoms with van der Waals surface area (Å²) >= 11 is 0. The molecule has 0 N–H and O–H groups in total. The van der Waals surface area contributed by atoms with Gasteiger partial charge in [0, 0.05) is 32.6 Å². The molecule has 0 aliphatic carbocycles. The molecule has 4 rings (SSSR count). The molecule has 0 saturated carbocycles. The normalized spacial score (nSPS) is 20.2. The fraction of sp³-hybridized carbons (Fsp3) is 0.435. The van der Waals surface area contributed by atoms with E-state index >= 15 is 0 Å². The van der Waals surface area contributed by atoms with E-state index in [2.05, 4.69) is 65.3 Å². The molecule has 2 aliphatic rings. The zero-order valence-electron chi connectivity index (χ0n) is 15.7. The van der Waals surface area contributed by atoms with Crippen molar-refractivity contribution in [2.75, 3.05) is 19.6 Å². The molecule has 1 amide bonds. The summed E-state index contributed by atoms with van der Waals surface area (Å²) in [4.78, 5) is 17.5. The number of hydrogen-bond donors (Lipinski definition) is 0. The van der Waals surface area contributed by atoms with Gasteiger partial charge < -0.3 is 4.90 Å². The Labute approximate surface area is 156 Å². The van der Waals surface area contributed by atoms with Gasteiger partial charge in [0.1, 0.15) is 0 Å². The molecule has 0 aromatic heterocycles. The van der Waals surface area contributed by atoms with Crippen molar-refractivity contribution < 1.29 is 4.79 Å². The van der Waals surface area contributed by atoms with Crippen LogP contribution in [0.5, 0.6) is 0 Å². The predicted molar refractivity (Wildman–Crippen MR) is 105 cm³/mol. The van der Waals surface area contributed by atoms with Gasteiger partial charge >= 0.3 is 0 Å². The lowest BCUT2D eigenvalue weighted by Crippen LogP contribution is -2.36. The number of aryl methyl sites for hydroxylation is 1. The highest BCUT2D eigenvalue weighted by molar-refractivity contribution is 5.77. The number of rotatable bonds is 4. The standard InChI is InChI=1S/C23H28N2O/c1-18-7-2-5-10-21(18)22-11-6-14-25(22)23(26)13-16-24-15-12-19-8-3-4-9-20(19)17-24/h2-5,7-10,22H,6,11-17H2,1H3. The molecule has 0 bridgehead atoms. The average molecular weight is 348 g/mol. The van der Waals surface area contributed by atoms with Crippen LogP contribution in [0.3, 0.4) is 0 Å². The van der Waals surface area contributed by atoms with E-state index in [4.69, 9.17) is 0 Å². The van der Waals surface area contributed by atoms with Crippen molar-refractivity contribution >= 4 is 5.91 Å². The van der Waals surface area contributed by atoms with Crippen LogP contribution in [0.25, 0.3) is 0 Å². The molecular formula is C23H28N2O. The number of amides is 1. The van der Waals surface area contributed by atoms with Gasteiger partial charge in [0.15, 0.2) is 0 Å². The number of hydrogen-bond acceptors (Lipinski definition) is 2.